The van der Waals surface area contributed by atoms with E-state index < -0.39 is 0 Å². The summed E-state index contributed by atoms with van der Waals surface area (Å²) >= 11 is 0. The van der Waals surface area contributed by atoms with E-state index >= 15 is 0 Å². The Morgan fingerprint density at radius 2 is 0.750 bits per heavy atom. The summed E-state index contributed by atoms with van der Waals surface area (Å²) in [6.45, 7) is 0. The summed E-state index contributed by atoms with van der Waals surface area (Å²) in [6, 6.07) is 0. The zero-order chi connectivity index (χ0) is 0. The van der Waals surface area contributed by atoms with Gasteiger partial charge >= 0.3 is 44.4 Å². The van der Waals surface area contributed by atoms with E-state index in [1.54, 1.807) is 0 Å². The minimum atomic E-state index is 0. The molecule has 0 aliphatic rings. The van der Waals surface area contributed by atoms with Crippen LogP contribution in [0.4, 0.5) is 0 Å². The average molecular weight is 295 g/mol. The molecule has 2 nitrogen and oxygen atoms in total. The van der Waals surface area contributed by atoms with Crippen molar-refractivity contribution in [3.63, 3.8) is 0 Å². The first-order valence-corrected chi connectivity index (χ1v) is 0. The third-order valence-electron chi connectivity index (χ3n) is 0. The Balaban J connectivity index is 0. The maximum atomic E-state index is 0. The summed E-state index contributed by atoms with van der Waals surface area (Å²) in [4.78, 5) is 0. The molecule has 0 aromatic heterocycles. The van der Waals surface area contributed by atoms with E-state index in [-0.39, 0.29) is 55.3 Å². The maximum absolute atomic E-state index is 0. The molecule has 0 saturated carbocycles. The molecule has 4 heteroatoms. The molecular weight excluding hydrogens is 295 g/mol. The van der Waals surface area contributed by atoms with Crippen LogP contribution in [0.5, 0.6) is 0 Å². The first-order valence-electron chi connectivity index (χ1n) is 0. The smallest absolute Gasteiger partial charge is 2.00 e. The predicted octanol–water partition coefficient (Wildman–Crippen LogP) is -0.621. The van der Waals surface area contributed by atoms with Gasteiger partial charge in [0.05, 0.1) is 0 Å². The summed E-state index contributed by atoms with van der Waals surface area (Å²) < 4.78 is 0. The van der Waals surface area contributed by atoms with Gasteiger partial charge in [-0.2, -0.15) is 0 Å². The van der Waals surface area contributed by atoms with Gasteiger partial charge in [0.1, 0.15) is 0 Å². The SMILES string of the molecule is [Fe+2].[O-2].[O-2].[Pb+2]. The Morgan fingerprint density at radius 1 is 0.750 bits per heavy atom. The van der Waals surface area contributed by atoms with Gasteiger partial charge in [-0.05, 0) is 0 Å². The van der Waals surface area contributed by atoms with Gasteiger partial charge in [-0.15, -0.1) is 0 Å². The molecule has 0 fully saturated rings. The fourth-order valence-corrected chi connectivity index (χ4v) is 0. The molecule has 0 aliphatic heterocycles. The topological polar surface area (TPSA) is 57.0 Å². The summed E-state index contributed by atoms with van der Waals surface area (Å²) in [7, 11) is 0. The molecule has 24 valence electrons. The van der Waals surface area contributed by atoms with Gasteiger partial charge in [0, 0.05) is 0 Å². The molecule has 0 amide bonds. The summed E-state index contributed by atoms with van der Waals surface area (Å²) in [6.07, 6.45) is 0. The monoisotopic (exact) mass is 296 g/mol. The Hall–Kier alpha value is 1.36. The predicted molar refractivity (Wildman–Crippen MR) is 7.13 cm³/mol. The summed E-state index contributed by atoms with van der Waals surface area (Å²) in [5, 5.41) is 0. The Kier molecular flexibility index (Phi) is 366. The number of hydrogen-bond acceptors (Lipinski definition) is 0. The number of rotatable bonds is 0. The van der Waals surface area contributed by atoms with E-state index in [9.17, 15) is 0 Å². The van der Waals surface area contributed by atoms with Crippen LogP contribution >= 0.6 is 0 Å². The van der Waals surface area contributed by atoms with Crippen LogP contribution in [0.3, 0.4) is 0 Å². The first kappa shape index (κ1) is 55.0. The molecule has 0 aromatic carbocycles. The Morgan fingerprint density at radius 3 is 0.750 bits per heavy atom. The van der Waals surface area contributed by atoms with Gasteiger partial charge in [0.2, 0.25) is 0 Å². The van der Waals surface area contributed by atoms with Crippen molar-refractivity contribution in [2.24, 2.45) is 0 Å². The van der Waals surface area contributed by atoms with Crippen LogP contribution in [0.1, 0.15) is 0 Å². The standard InChI is InChI=1S/Fe.2O.Pb/q+2;2*-2;+2. The Bertz CT molecular complexity index is 6.00. The molecule has 0 unspecified atom stereocenters. The second kappa shape index (κ2) is 26.6. The molecule has 0 saturated heterocycles. The molecule has 0 bridgehead atoms. The van der Waals surface area contributed by atoms with E-state index in [0.717, 1.165) is 0 Å². The minimum absolute atomic E-state index is 0. The Labute approximate surface area is 55.2 Å². The van der Waals surface area contributed by atoms with Crippen LogP contribution in [0.25, 0.3) is 0 Å². The molecule has 0 atom stereocenters. The molecule has 0 rings (SSSR count). The van der Waals surface area contributed by atoms with Gasteiger partial charge in [0.15, 0.2) is 0 Å². The van der Waals surface area contributed by atoms with E-state index in [4.69, 9.17) is 0 Å². The quantitative estimate of drug-likeness (QED) is 0.535. The molecule has 4 heavy (non-hydrogen) atoms. The normalized spacial score (nSPS) is 0. The van der Waals surface area contributed by atoms with Crippen molar-refractivity contribution in [3.05, 3.63) is 0 Å². The van der Waals surface area contributed by atoms with Gasteiger partial charge < -0.3 is 11.0 Å². The first-order chi connectivity index (χ1) is 0. The zero-order valence-electron chi connectivity index (χ0n) is 1.67. The van der Waals surface area contributed by atoms with Crippen molar-refractivity contribution in [2.75, 3.05) is 0 Å². The largest absolute Gasteiger partial charge is 2.00 e. The van der Waals surface area contributed by atoms with Gasteiger partial charge in [0.25, 0.3) is 0 Å². The van der Waals surface area contributed by atoms with E-state index in [1.165, 1.54) is 0 Å². The van der Waals surface area contributed by atoms with Crippen molar-refractivity contribution in [3.8, 4) is 0 Å². The van der Waals surface area contributed by atoms with Crippen molar-refractivity contribution in [2.45, 2.75) is 0 Å². The van der Waals surface area contributed by atoms with Crippen LogP contribution in [0.15, 0.2) is 0 Å². The van der Waals surface area contributed by atoms with Crippen LogP contribution in [0.2, 0.25) is 0 Å². The molecule has 0 aliphatic carbocycles. The van der Waals surface area contributed by atoms with Crippen LogP contribution < -0.4 is 0 Å². The average Bonchev–Trinajstić information content (AvgIpc) is 0. The van der Waals surface area contributed by atoms with E-state index in [2.05, 4.69) is 0 Å². The maximum Gasteiger partial charge on any atom is 2.00 e. The molecule has 2 radical (unpaired) electrons. The third-order valence-corrected chi connectivity index (χ3v) is 0. The fraction of sp³-hybridized carbons (Fsp3) is 0. The zero-order valence-corrected chi connectivity index (χ0v) is 6.66. The molecule has 0 heterocycles. The minimum Gasteiger partial charge on any atom is -2.00 e. The summed E-state index contributed by atoms with van der Waals surface area (Å²) in [5.41, 5.74) is 0. The second-order valence-corrected chi connectivity index (χ2v) is 0. The summed E-state index contributed by atoms with van der Waals surface area (Å²) in [5.74, 6) is 0. The van der Waals surface area contributed by atoms with Gasteiger partial charge in [-0.25, -0.2) is 0 Å². The van der Waals surface area contributed by atoms with Crippen molar-refractivity contribution in [1.82, 2.24) is 0 Å². The number of hydrogen-bond donors (Lipinski definition) is 0. The van der Waals surface area contributed by atoms with Crippen LogP contribution in [0, 0.1) is 0 Å². The van der Waals surface area contributed by atoms with Gasteiger partial charge in [-0.1, -0.05) is 0 Å². The molecule has 0 N–H and O–H groups in total. The van der Waals surface area contributed by atoms with Crippen molar-refractivity contribution >= 4 is 27.3 Å². The van der Waals surface area contributed by atoms with Crippen molar-refractivity contribution < 1.29 is 28.0 Å². The molecular formula is FeO2Pb. The van der Waals surface area contributed by atoms with Crippen molar-refractivity contribution in [1.29, 1.82) is 0 Å². The fourth-order valence-electron chi connectivity index (χ4n) is 0. The second-order valence-electron chi connectivity index (χ2n) is 0. The van der Waals surface area contributed by atoms with Crippen LogP contribution in [-0.4, -0.2) is 27.3 Å². The molecule has 0 spiro atoms. The van der Waals surface area contributed by atoms with Gasteiger partial charge in [-0.3, -0.25) is 0 Å². The van der Waals surface area contributed by atoms with E-state index in [1.807, 2.05) is 0 Å². The molecule has 0 aromatic rings. The third kappa shape index (κ3) is 10.1. The van der Waals surface area contributed by atoms with E-state index in [0.29, 0.717) is 0 Å². The van der Waals surface area contributed by atoms with Crippen LogP contribution in [-0.2, 0) is 28.0 Å².